The minimum atomic E-state index is -0.360. The summed E-state index contributed by atoms with van der Waals surface area (Å²) in [5, 5.41) is 2.86. The van der Waals surface area contributed by atoms with E-state index in [0.29, 0.717) is 42.4 Å². The molecule has 2 aromatic rings. The van der Waals surface area contributed by atoms with Gasteiger partial charge in [-0.25, -0.2) is 14.4 Å². The van der Waals surface area contributed by atoms with E-state index in [-0.39, 0.29) is 17.3 Å². The minimum absolute atomic E-state index is 0.0388. The van der Waals surface area contributed by atoms with Gasteiger partial charge in [-0.15, -0.1) is 0 Å². The number of aryl methyl sites for hydroxylation is 1. The van der Waals surface area contributed by atoms with Gasteiger partial charge in [-0.2, -0.15) is 0 Å². The van der Waals surface area contributed by atoms with Crippen molar-refractivity contribution in [1.29, 1.82) is 0 Å². The fourth-order valence-corrected chi connectivity index (χ4v) is 3.90. The highest BCUT2D eigenvalue weighted by Crippen LogP contribution is 2.36. The van der Waals surface area contributed by atoms with Crippen molar-refractivity contribution < 1.29 is 13.9 Å². The molecule has 2 aliphatic rings. The lowest BCUT2D eigenvalue weighted by Crippen LogP contribution is -2.43. The smallest absolute Gasteiger partial charge is 0.222 e. The number of hydrogen-bond donors (Lipinski definition) is 1. The molecule has 6 nitrogen and oxygen atoms in total. The normalized spacial score (nSPS) is 21.5. The highest BCUT2D eigenvalue weighted by molar-refractivity contribution is 6.00. The van der Waals surface area contributed by atoms with Gasteiger partial charge in [0.1, 0.15) is 11.6 Å². The van der Waals surface area contributed by atoms with Crippen molar-refractivity contribution in [2.45, 2.75) is 45.1 Å². The number of benzene rings is 1. The summed E-state index contributed by atoms with van der Waals surface area (Å²) in [5.41, 5.74) is 2.08. The molecule has 1 atom stereocenters. The van der Waals surface area contributed by atoms with E-state index in [1.807, 2.05) is 13.8 Å². The van der Waals surface area contributed by atoms with Crippen molar-refractivity contribution in [2.24, 2.45) is 4.99 Å². The van der Waals surface area contributed by atoms with Crippen molar-refractivity contribution in [3.8, 4) is 17.0 Å². The van der Waals surface area contributed by atoms with Crippen LogP contribution in [-0.2, 0) is 4.79 Å². The number of nitrogens with zero attached hydrogens (tertiary/aromatic N) is 3. The third-order valence-electron chi connectivity index (χ3n) is 5.24. The Morgan fingerprint density at radius 2 is 2.11 bits per heavy atom. The van der Waals surface area contributed by atoms with E-state index in [1.165, 1.54) is 6.07 Å². The van der Waals surface area contributed by atoms with Gasteiger partial charge in [-0.05, 0) is 57.4 Å². The van der Waals surface area contributed by atoms with Crippen molar-refractivity contribution in [2.75, 3.05) is 13.2 Å². The van der Waals surface area contributed by atoms with Gasteiger partial charge in [0.2, 0.25) is 5.91 Å². The number of nitrogens with one attached hydrogen (secondary N) is 1. The molecule has 1 aromatic heterocycles. The molecule has 1 unspecified atom stereocenters. The Bertz CT molecular complexity index is 959. The molecule has 1 fully saturated rings. The lowest BCUT2D eigenvalue weighted by atomic mass is 9.86. The molecular formula is C21H23FN4O2. The first-order valence-corrected chi connectivity index (χ1v) is 9.62. The Morgan fingerprint density at radius 1 is 1.25 bits per heavy atom. The van der Waals surface area contributed by atoms with Crippen LogP contribution in [0.3, 0.4) is 0 Å². The van der Waals surface area contributed by atoms with Crippen LogP contribution >= 0.6 is 0 Å². The van der Waals surface area contributed by atoms with E-state index < -0.39 is 0 Å². The predicted octanol–water partition coefficient (Wildman–Crippen LogP) is 3.22. The Morgan fingerprint density at radius 3 is 2.89 bits per heavy atom. The van der Waals surface area contributed by atoms with Crippen LogP contribution in [0, 0.1) is 12.7 Å². The number of aliphatic imine (C=N–C) groups is 1. The number of hydrogen-bond acceptors (Lipinski definition) is 5. The molecule has 3 heterocycles. The van der Waals surface area contributed by atoms with Gasteiger partial charge in [0.25, 0.3) is 0 Å². The second-order valence-corrected chi connectivity index (χ2v) is 7.35. The van der Waals surface area contributed by atoms with E-state index in [0.717, 1.165) is 30.7 Å². The molecule has 1 amide bonds. The highest BCUT2D eigenvalue weighted by atomic mass is 19.1. The molecule has 0 bridgehead atoms. The highest BCUT2D eigenvalue weighted by Gasteiger charge is 2.40. The summed E-state index contributed by atoms with van der Waals surface area (Å²) in [5.74, 6) is 0.791. The third-order valence-corrected chi connectivity index (χ3v) is 5.24. The number of carbonyl (C=O) groups excluding carboxylic acids is 1. The quantitative estimate of drug-likeness (QED) is 0.881. The molecule has 0 saturated carbocycles. The van der Waals surface area contributed by atoms with Gasteiger partial charge in [0, 0.05) is 17.8 Å². The topological polar surface area (TPSA) is 76.5 Å². The molecule has 0 radical (unpaired) electrons. The first kappa shape index (κ1) is 18.5. The summed E-state index contributed by atoms with van der Waals surface area (Å²) in [6.07, 6.45) is 2.76. The molecule has 1 aromatic carbocycles. The van der Waals surface area contributed by atoms with Crippen LogP contribution < -0.4 is 10.1 Å². The number of halogens is 1. The van der Waals surface area contributed by atoms with Gasteiger partial charge in [-0.3, -0.25) is 9.79 Å². The molecule has 1 saturated heterocycles. The Labute approximate surface area is 163 Å². The van der Waals surface area contributed by atoms with E-state index >= 15 is 0 Å². The maximum Gasteiger partial charge on any atom is 0.222 e. The summed E-state index contributed by atoms with van der Waals surface area (Å²) in [6.45, 7) is 4.89. The fourth-order valence-electron chi connectivity index (χ4n) is 3.90. The molecule has 4 rings (SSSR count). The zero-order valence-electron chi connectivity index (χ0n) is 16.1. The number of rotatable bonds is 4. The van der Waals surface area contributed by atoms with Crippen molar-refractivity contribution in [3.05, 3.63) is 41.6 Å². The average Bonchev–Trinajstić information content (AvgIpc) is 3.06. The van der Waals surface area contributed by atoms with Crippen LogP contribution in [-0.4, -0.2) is 40.3 Å². The lowest BCUT2D eigenvalue weighted by Gasteiger charge is -2.29. The molecule has 1 N–H and O–H groups in total. The molecule has 146 valence electrons. The van der Waals surface area contributed by atoms with Crippen LogP contribution in [0.15, 0.2) is 29.3 Å². The number of carbonyl (C=O) groups is 1. The lowest BCUT2D eigenvalue weighted by molar-refractivity contribution is -0.123. The van der Waals surface area contributed by atoms with Crippen molar-refractivity contribution in [3.63, 3.8) is 0 Å². The standard InChI is InChI=1S/C21H23FN4O2/c1-3-28-14-4-5-16(22)15(11-14)18-10-13(2)24-20(25-18)17-6-7-21(26-17)8-9-23-19(27)12-21/h4-5,10-11H,3,6-9,12H2,1-2H3,(H,23,27). The predicted molar refractivity (Wildman–Crippen MR) is 104 cm³/mol. The maximum absolute atomic E-state index is 14.5. The second-order valence-electron chi connectivity index (χ2n) is 7.35. The summed E-state index contributed by atoms with van der Waals surface area (Å²) < 4.78 is 20.0. The molecule has 7 heteroatoms. The summed E-state index contributed by atoms with van der Waals surface area (Å²) >= 11 is 0. The largest absolute Gasteiger partial charge is 0.494 e. The maximum atomic E-state index is 14.5. The monoisotopic (exact) mass is 382 g/mol. The van der Waals surface area contributed by atoms with Gasteiger partial charge in [-0.1, -0.05) is 0 Å². The van der Waals surface area contributed by atoms with E-state index in [1.54, 1.807) is 18.2 Å². The summed E-state index contributed by atoms with van der Waals surface area (Å²) in [7, 11) is 0. The first-order valence-electron chi connectivity index (χ1n) is 9.62. The van der Waals surface area contributed by atoms with Crippen LogP contribution in [0.25, 0.3) is 11.3 Å². The van der Waals surface area contributed by atoms with Crippen LogP contribution in [0.4, 0.5) is 4.39 Å². The first-order chi connectivity index (χ1) is 13.5. The Kier molecular flexibility index (Phi) is 4.83. The SMILES string of the molecule is CCOc1ccc(F)c(-c2cc(C)nc(C3=NC4(CCNC(=O)C4)CC3)n2)c1. The summed E-state index contributed by atoms with van der Waals surface area (Å²) in [6, 6.07) is 6.42. The zero-order valence-corrected chi connectivity index (χ0v) is 16.1. The molecule has 1 spiro atoms. The zero-order chi connectivity index (χ0) is 19.7. The number of ether oxygens (including phenoxy) is 1. The van der Waals surface area contributed by atoms with Crippen LogP contribution in [0.2, 0.25) is 0 Å². The molecule has 28 heavy (non-hydrogen) atoms. The van der Waals surface area contributed by atoms with E-state index in [2.05, 4.69) is 15.3 Å². The van der Waals surface area contributed by atoms with E-state index in [4.69, 9.17) is 9.73 Å². The molecule has 0 aliphatic carbocycles. The van der Waals surface area contributed by atoms with Crippen LogP contribution in [0.1, 0.15) is 44.1 Å². The summed E-state index contributed by atoms with van der Waals surface area (Å²) in [4.78, 5) is 25.8. The Hall–Kier alpha value is -2.83. The average molecular weight is 382 g/mol. The fraction of sp³-hybridized carbons (Fsp3) is 0.429. The van der Waals surface area contributed by atoms with E-state index in [9.17, 15) is 9.18 Å². The number of piperidine rings is 1. The van der Waals surface area contributed by atoms with Crippen molar-refractivity contribution in [1.82, 2.24) is 15.3 Å². The molecular weight excluding hydrogens is 359 g/mol. The van der Waals surface area contributed by atoms with Gasteiger partial charge >= 0.3 is 0 Å². The third kappa shape index (κ3) is 3.61. The van der Waals surface area contributed by atoms with Crippen molar-refractivity contribution >= 4 is 11.6 Å². The minimum Gasteiger partial charge on any atom is -0.494 e. The molecule has 2 aliphatic heterocycles. The van der Waals surface area contributed by atoms with Crippen LogP contribution in [0.5, 0.6) is 5.75 Å². The number of amides is 1. The number of aromatic nitrogens is 2. The van der Waals surface area contributed by atoms with Gasteiger partial charge in [0.05, 0.1) is 30.0 Å². The van der Waals surface area contributed by atoms with Gasteiger partial charge in [0.15, 0.2) is 5.82 Å². The van der Waals surface area contributed by atoms with Gasteiger partial charge < -0.3 is 10.1 Å². The Balaban J connectivity index is 1.71. The second kappa shape index (κ2) is 7.30.